The van der Waals surface area contributed by atoms with Crippen molar-refractivity contribution in [2.24, 2.45) is 11.7 Å². The first-order valence-electron chi connectivity index (χ1n) is 12.6. The van der Waals surface area contributed by atoms with Crippen molar-refractivity contribution in [3.05, 3.63) is 85.8 Å². The Kier molecular flexibility index (Phi) is 6.98. The molecule has 3 N–H and O–H groups in total. The van der Waals surface area contributed by atoms with Crippen LogP contribution < -0.4 is 26.2 Å². The number of aromatic nitrogens is 1. The number of likely N-dealkylation sites (tertiary alicyclic amines) is 1. The molecule has 0 saturated carbocycles. The van der Waals surface area contributed by atoms with Crippen molar-refractivity contribution in [3.8, 4) is 17.2 Å². The number of nitrogens with zero attached hydrogens (tertiary/aromatic N) is 2. The van der Waals surface area contributed by atoms with Gasteiger partial charge in [-0.2, -0.15) is 0 Å². The maximum Gasteiger partial charge on any atom is 0.250 e. The molecule has 3 aromatic rings. The third kappa shape index (κ3) is 4.91. The zero-order valence-corrected chi connectivity index (χ0v) is 21.4. The highest BCUT2D eigenvalue weighted by molar-refractivity contribution is 5.76. The van der Waals surface area contributed by atoms with Crippen molar-refractivity contribution < 1.29 is 23.8 Å². The fourth-order valence-corrected chi connectivity index (χ4v) is 5.87. The number of piperidine rings is 1. The lowest BCUT2D eigenvalue weighted by Crippen LogP contribution is -2.46. The summed E-state index contributed by atoms with van der Waals surface area (Å²) in [7, 11) is 3.00. The Labute approximate surface area is 219 Å². The molecule has 0 spiro atoms. The van der Waals surface area contributed by atoms with Crippen LogP contribution in [-0.2, 0) is 17.9 Å². The van der Waals surface area contributed by atoms with Gasteiger partial charge in [0, 0.05) is 61.4 Å². The number of benzene rings is 1. The molecule has 1 saturated heterocycles. The molecule has 0 unspecified atom stereocenters. The van der Waals surface area contributed by atoms with Gasteiger partial charge in [-0.15, -0.1) is 0 Å². The highest BCUT2D eigenvalue weighted by atomic mass is 16.5. The summed E-state index contributed by atoms with van der Waals surface area (Å²) in [5, 5.41) is 10.7. The number of hydrogen-bond acceptors (Lipinski definition) is 8. The number of rotatable bonds is 8. The average Bonchev–Trinajstić information content (AvgIpc) is 2.89. The summed E-state index contributed by atoms with van der Waals surface area (Å²) in [6.07, 6.45) is 0.796. The van der Waals surface area contributed by atoms with E-state index >= 15 is 0 Å². The topological polar surface area (TPSA) is 137 Å². The van der Waals surface area contributed by atoms with Crippen molar-refractivity contribution in [2.75, 3.05) is 27.3 Å². The van der Waals surface area contributed by atoms with Gasteiger partial charge in [-0.05, 0) is 24.5 Å². The van der Waals surface area contributed by atoms with Crippen molar-refractivity contribution in [2.45, 2.75) is 37.8 Å². The first-order valence-corrected chi connectivity index (χ1v) is 12.6. The van der Waals surface area contributed by atoms with Gasteiger partial charge in [0.1, 0.15) is 17.3 Å². The Morgan fingerprint density at radius 3 is 2.68 bits per heavy atom. The van der Waals surface area contributed by atoms with Crippen LogP contribution in [0, 0.1) is 5.92 Å². The number of methoxy groups -OCH3 is 2. The second kappa shape index (κ2) is 10.4. The van der Waals surface area contributed by atoms with Crippen molar-refractivity contribution in [1.82, 2.24) is 9.47 Å². The van der Waals surface area contributed by atoms with Crippen LogP contribution in [0.25, 0.3) is 0 Å². The summed E-state index contributed by atoms with van der Waals surface area (Å²) in [4.78, 5) is 39.4. The number of hydrogen-bond donors (Lipinski definition) is 2. The molecule has 0 radical (unpaired) electrons. The third-order valence-corrected chi connectivity index (χ3v) is 7.47. The summed E-state index contributed by atoms with van der Waals surface area (Å²) in [5.74, 6) is -0.260. The first kappa shape index (κ1) is 25.6. The zero-order valence-electron chi connectivity index (χ0n) is 21.4. The van der Waals surface area contributed by atoms with Crippen LogP contribution in [0.1, 0.15) is 47.5 Å². The van der Waals surface area contributed by atoms with E-state index in [4.69, 9.17) is 19.6 Å². The van der Waals surface area contributed by atoms with E-state index < -0.39 is 23.0 Å². The number of ether oxygens (including phenoxy) is 2. The smallest absolute Gasteiger partial charge is 0.250 e. The molecule has 200 valence electrons. The molecule has 5 rings (SSSR count). The lowest BCUT2D eigenvalue weighted by Gasteiger charge is -2.42. The van der Waals surface area contributed by atoms with Gasteiger partial charge in [0.2, 0.25) is 17.1 Å². The Balaban J connectivity index is 1.47. The minimum atomic E-state index is -0.847. The Bertz CT molecular complexity index is 1480. The molecule has 3 atom stereocenters. The van der Waals surface area contributed by atoms with E-state index in [0.29, 0.717) is 48.4 Å². The van der Waals surface area contributed by atoms with Gasteiger partial charge >= 0.3 is 0 Å². The van der Waals surface area contributed by atoms with E-state index in [2.05, 4.69) is 4.90 Å². The van der Waals surface area contributed by atoms with E-state index in [1.165, 1.54) is 20.3 Å². The SMILES string of the molecule is COc1ccc([C@H](CC(N)=O)c2oc(CN3C[C@H]4C[C@@H](C3)c3cccc(=O)n3C4)cc(=O)c2O)c(OC)c1. The number of aromatic hydroxyl groups is 1. The lowest BCUT2D eigenvalue weighted by molar-refractivity contribution is -0.118. The predicted molar refractivity (Wildman–Crippen MR) is 139 cm³/mol. The summed E-state index contributed by atoms with van der Waals surface area (Å²) < 4.78 is 18.8. The number of carbonyl (C=O) groups is 1. The van der Waals surface area contributed by atoms with Crippen molar-refractivity contribution >= 4 is 5.91 Å². The highest BCUT2D eigenvalue weighted by Gasteiger charge is 2.35. The molecule has 2 aliphatic heterocycles. The molecular formula is C28H31N3O7. The fraction of sp³-hybridized carbons (Fsp3) is 0.393. The molecule has 4 heterocycles. The summed E-state index contributed by atoms with van der Waals surface area (Å²) in [6.45, 7) is 2.45. The van der Waals surface area contributed by atoms with E-state index in [1.54, 1.807) is 30.3 Å². The summed E-state index contributed by atoms with van der Waals surface area (Å²) >= 11 is 0. The monoisotopic (exact) mass is 521 g/mol. The van der Waals surface area contributed by atoms with E-state index in [0.717, 1.165) is 18.7 Å². The van der Waals surface area contributed by atoms with Crippen LogP contribution >= 0.6 is 0 Å². The molecule has 1 aromatic carbocycles. The molecule has 10 heteroatoms. The molecule has 10 nitrogen and oxygen atoms in total. The van der Waals surface area contributed by atoms with Gasteiger partial charge in [-0.25, -0.2) is 0 Å². The fourth-order valence-electron chi connectivity index (χ4n) is 5.87. The maximum atomic E-state index is 12.8. The zero-order chi connectivity index (χ0) is 27.0. The molecule has 0 aliphatic carbocycles. The largest absolute Gasteiger partial charge is 0.502 e. The lowest BCUT2D eigenvalue weighted by atomic mass is 9.83. The van der Waals surface area contributed by atoms with Crippen molar-refractivity contribution in [3.63, 3.8) is 0 Å². The van der Waals surface area contributed by atoms with Crippen LogP contribution in [0.2, 0.25) is 0 Å². The predicted octanol–water partition coefficient (Wildman–Crippen LogP) is 2.15. The van der Waals surface area contributed by atoms with Crippen LogP contribution in [0.15, 0.2) is 56.5 Å². The molecule has 1 amide bonds. The van der Waals surface area contributed by atoms with Gasteiger partial charge in [0.05, 0.1) is 26.7 Å². The van der Waals surface area contributed by atoms with Gasteiger partial charge < -0.3 is 29.3 Å². The second-order valence-electron chi connectivity index (χ2n) is 10.0. The second-order valence-corrected chi connectivity index (χ2v) is 10.0. The maximum absolute atomic E-state index is 12.8. The van der Waals surface area contributed by atoms with Crippen LogP contribution in [0.3, 0.4) is 0 Å². The first-order chi connectivity index (χ1) is 18.3. The molecule has 1 fully saturated rings. The highest BCUT2D eigenvalue weighted by Crippen LogP contribution is 2.40. The van der Waals surface area contributed by atoms with Crippen LogP contribution in [0.4, 0.5) is 0 Å². The van der Waals surface area contributed by atoms with Crippen LogP contribution in [-0.4, -0.2) is 47.8 Å². The Morgan fingerprint density at radius 2 is 1.95 bits per heavy atom. The number of primary amides is 1. The summed E-state index contributed by atoms with van der Waals surface area (Å²) in [6, 6.07) is 11.7. The number of fused-ring (bicyclic) bond motifs is 4. The Morgan fingerprint density at radius 1 is 1.13 bits per heavy atom. The third-order valence-electron chi connectivity index (χ3n) is 7.47. The van der Waals surface area contributed by atoms with Crippen molar-refractivity contribution in [1.29, 1.82) is 0 Å². The minimum Gasteiger partial charge on any atom is -0.502 e. The van der Waals surface area contributed by atoms with Gasteiger partial charge in [-0.3, -0.25) is 19.3 Å². The number of amides is 1. The molecule has 2 bridgehead atoms. The minimum absolute atomic E-state index is 0.0225. The molecule has 38 heavy (non-hydrogen) atoms. The normalized spacial score (nSPS) is 19.4. The quantitative estimate of drug-likeness (QED) is 0.460. The number of carbonyl (C=O) groups excluding carboxylic acids is 1. The summed E-state index contributed by atoms with van der Waals surface area (Å²) in [5.41, 5.74) is 6.53. The van der Waals surface area contributed by atoms with Gasteiger partial charge in [0.25, 0.3) is 5.56 Å². The number of pyridine rings is 1. The van der Waals surface area contributed by atoms with E-state index in [1.807, 2.05) is 10.6 Å². The van der Waals surface area contributed by atoms with E-state index in [-0.39, 0.29) is 23.7 Å². The Hall–Kier alpha value is -4.05. The average molecular weight is 522 g/mol. The van der Waals surface area contributed by atoms with Gasteiger partial charge in [-0.1, -0.05) is 12.1 Å². The number of nitrogens with two attached hydrogens (primary N) is 1. The van der Waals surface area contributed by atoms with Crippen LogP contribution in [0.5, 0.6) is 17.2 Å². The molecule has 2 aliphatic rings. The molecule has 2 aromatic heterocycles. The standard InChI is InChI=1S/C28H31N3O7/c1-36-18-6-7-20(24(10-18)37-2)21(11-25(29)33)28-27(35)23(32)9-19(38-28)15-30-12-16-8-17(14-30)22-4-3-5-26(34)31(22)13-16/h3-7,9-10,16-17,21,35H,8,11-15H2,1-2H3,(H2,29,33)/t16-,17+,21+/m1/s1. The van der Waals surface area contributed by atoms with E-state index in [9.17, 15) is 19.5 Å². The molecular weight excluding hydrogens is 490 g/mol. The van der Waals surface area contributed by atoms with Gasteiger partial charge in [0.15, 0.2) is 5.76 Å².